The second kappa shape index (κ2) is 5.22. The summed E-state index contributed by atoms with van der Waals surface area (Å²) < 4.78 is 0. The minimum atomic E-state index is -0.413. The maximum Gasteiger partial charge on any atom is 0.269 e. The minimum absolute atomic E-state index is 0.0921. The van der Waals surface area contributed by atoms with E-state index < -0.39 is 4.92 Å². The molecule has 1 heterocycles. The molecule has 0 bridgehead atoms. The number of rotatable bonds is 4. The number of hydrogen-bond donors (Lipinski definition) is 1. The zero-order valence-electron chi connectivity index (χ0n) is 9.83. The average molecular weight is 244 g/mol. The van der Waals surface area contributed by atoms with Crippen molar-refractivity contribution in [3.05, 3.63) is 58.0 Å². The van der Waals surface area contributed by atoms with Crippen LogP contribution in [0.25, 0.3) is 0 Å². The van der Waals surface area contributed by atoms with Crippen molar-refractivity contribution in [3.63, 3.8) is 0 Å². The van der Waals surface area contributed by atoms with E-state index in [2.05, 4.69) is 15.3 Å². The smallest absolute Gasteiger partial charge is 0.269 e. The van der Waals surface area contributed by atoms with Crippen molar-refractivity contribution in [3.8, 4) is 0 Å². The molecule has 18 heavy (non-hydrogen) atoms. The minimum Gasteiger partial charge on any atom is -0.364 e. The van der Waals surface area contributed by atoms with E-state index >= 15 is 0 Å². The molecule has 1 N–H and O–H groups in total. The Hall–Kier alpha value is -2.50. The van der Waals surface area contributed by atoms with Crippen LogP contribution in [0.4, 0.5) is 11.5 Å². The highest BCUT2D eigenvalue weighted by molar-refractivity contribution is 5.40. The van der Waals surface area contributed by atoms with Gasteiger partial charge in [0.1, 0.15) is 5.82 Å². The van der Waals surface area contributed by atoms with Crippen molar-refractivity contribution in [2.75, 3.05) is 5.32 Å². The van der Waals surface area contributed by atoms with Gasteiger partial charge in [0.25, 0.3) is 5.69 Å². The fourth-order valence-electron chi connectivity index (χ4n) is 1.50. The summed E-state index contributed by atoms with van der Waals surface area (Å²) in [6.45, 7) is 2.42. The number of benzene rings is 1. The van der Waals surface area contributed by atoms with Crippen molar-refractivity contribution >= 4 is 11.5 Å². The summed E-state index contributed by atoms with van der Waals surface area (Å²) in [4.78, 5) is 18.4. The molecule has 6 heteroatoms. The molecule has 92 valence electrons. The molecule has 0 aliphatic rings. The van der Waals surface area contributed by atoms with Crippen molar-refractivity contribution in [2.24, 2.45) is 0 Å². The fraction of sp³-hybridized carbons (Fsp3) is 0.167. The van der Waals surface area contributed by atoms with Gasteiger partial charge in [-0.15, -0.1) is 0 Å². The largest absolute Gasteiger partial charge is 0.364 e. The van der Waals surface area contributed by atoms with E-state index in [1.807, 2.05) is 6.92 Å². The lowest BCUT2D eigenvalue weighted by atomic mass is 10.2. The molecule has 0 unspecified atom stereocenters. The normalized spacial score (nSPS) is 10.1. The van der Waals surface area contributed by atoms with Gasteiger partial charge < -0.3 is 5.32 Å². The van der Waals surface area contributed by atoms with E-state index in [0.717, 1.165) is 17.1 Å². The van der Waals surface area contributed by atoms with Crippen LogP contribution in [0.5, 0.6) is 0 Å². The highest BCUT2D eigenvalue weighted by Gasteiger charge is 2.04. The van der Waals surface area contributed by atoms with Crippen LogP contribution >= 0.6 is 0 Å². The molecule has 0 aliphatic carbocycles. The van der Waals surface area contributed by atoms with Gasteiger partial charge in [0.2, 0.25) is 0 Å². The van der Waals surface area contributed by atoms with E-state index in [0.29, 0.717) is 6.54 Å². The molecule has 0 aliphatic heterocycles. The molecule has 0 saturated heterocycles. The van der Waals surface area contributed by atoms with Crippen molar-refractivity contribution < 1.29 is 4.92 Å². The van der Waals surface area contributed by atoms with Gasteiger partial charge in [-0.05, 0) is 12.5 Å². The third kappa shape index (κ3) is 2.79. The Balaban J connectivity index is 2.02. The lowest BCUT2D eigenvalue weighted by Crippen LogP contribution is -2.04. The first-order valence-electron chi connectivity index (χ1n) is 5.41. The van der Waals surface area contributed by atoms with Crippen LogP contribution in [0, 0.1) is 17.0 Å². The molecule has 2 aromatic rings. The number of aromatic nitrogens is 2. The van der Waals surface area contributed by atoms with Gasteiger partial charge >= 0.3 is 0 Å². The Bertz CT molecular complexity index is 554. The standard InChI is InChI=1S/C12H12N4O2/c1-9-12(14-7-6-13-9)15-8-10-2-4-11(5-3-10)16(17)18/h2-7H,8H2,1H3,(H,14,15). The Morgan fingerprint density at radius 3 is 2.50 bits per heavy atom. The molecular weight excluding hydrogens is 232 g/mol. The van der Waals surface area contributed by atoms with Crippen LogP contribution in [0.1, 0.15) is 11.3 Å². The monoisotopic (exact) mass is 244 g/mol. The number of non-ortho nitro benzene ring substituents is 1. The van der Waals surface area contributed by atoms with Crippen LogP contribution < -0.4 is 5.32 Å². The number of nitrogens with one attached hydrogen (secondary N) is 1. The van der Waals surface area contributed by atoms with E-state index in [9.17, 15) is 10.1 Å². The Kier molecular flexibility index (Phi) is 3.47. The Morgan fingerprint density at radius 1 is 1.22 bits per heavy atom. The highest BCUT2D eigenvalue weighted by Crippen LogP contribution is 2.13. The quantitative estimate of drug-likeness (QED) is 0.659. The number of nitro benzene ring substituents is 1. The number of nitrogens with zero attached hydrogens (tertiary/aromatic N) is 3. The summed E-state index contributed by atoms with van der Waals surface area (Å²) in [5.74, 6) is 0.718. The highest BCUT2D eigenvalue weighted by atomic mass is 16.6. The zero-order valence-corrected chi connectivity index (χ0v) is 9.83. The molecule has 0 saturated carbocycles. The molecule has 1 aromatic heterocycles. The van der Waals surface area contributed by atoms with E-state index in [-0.39, 0.29) is 5.69 Å². The maximum absolute atomic E-state index is 10.5. The maximum atomic E-state index is 10.5. The molecule has 0 amide bonds. The predicted molar refractivity (Wildman–Crippen MR) is 67.2 cm³/mol. The lowest BCUT2D eigenvalue weighted by Gasteiger charge is -2.07. The van der Waals surface area contributed by atoms with Gasteiger partial charge in [0.05, 0.1) is 10.6 Å². The van der Waals surface area contributed by atoms with E-state index in [1.54, 1.807) is 24.5 Å². The van der Waals surface area contributed by atoms with Crippen LogP contribution in [-0.2, 0) is 6.54 Å². The summed E-state index contributed by atoms with van der Waals surface area (Å²) in [7, 11) is 0. The Morgan fingerprint density at radius 2 is 1.89 bits per heavy atom. The van der Waals surface area contributed by atoms with Gasteiger partial charge in [-0.3, -0.25) is 15.1 Å². The van der Waals surface area contributed by atoms with Gasteiger partial charge in [-0.1, -0.05) is 12.1 Å². The molecule has 0 fully saturated rings. The van der Waals surface area contributed by atoms with Gasteiger partial charge in [-0.2, -0.15) is 0 Å². The van der Waals surface area contributed by atoms with Crippen LogP contribution in [0.15, 0.2) is 36.7 Å². The molecule has 2 rings (SSSR count). The van der Waals surface area contributed by atoms with Gasteiger partial charge in [0, 0.05) is 31.1 Å². The number of hydrogen-bond acceptors (Lipinski definition) is 5. The third-order valence-corrected chi connectivity index (χ3v) is 2.49. The van der Waals surface area contributed by atoms with Crippen molar-refractivity contribution in [1.29, 1.82) is 0 Å². The second-order valence-corrected chi connectivity index (χ2v) is 3.77. The topological polar surface area (TPSA) is 81.0 Å². The SMILES string of the molecule is Cc1nccnc1NCc1ccc([N+](=O)[O-])cc1. The third-order valence-electron chi connectivity index (χ3n) is 2.49. The first kappa shape index (κ1) is 12.0. The predicted octanol–water partition coefficient (Wildman–Crippen LogP) is 2.31. The first-order chi connectivity index (χ1) is 8.66. The van der Waals surface area contributed by atoms with E-state index in [4.69, 9.17) is 0 Å². The molecule has 0 radical (unpaired) electrons. The number of nitro groups is 1. The van der Waals surface area contributed by atoms with Gasteiger partial charge in [-0.25, -0.2) is 4.98 Å². The summed E-state index contributed by atoms with van der Waals surface area (Å²) in [5.41, 5.74) is 1.86. The average Bonchev–Trinajstić information content (AvgIpc) is 2.38. The molecular formula is C12H12N4O2. The van der Waals surface area contributed by atoms with Crippen LogP contribution in [0.3, 0.4) is 0 Å². The summed E-state index contributed by atoms with van der Waals surface area (Å²) >= 11 is 0. The number of anilines is 1. The molecule has 0 atom stereocenters. The number of aryl methyl sites for hydroxylation is 1. The van der Waals surface area contributed by atoms with Gasteiger partial charge in [0.15, 0.2) is 0 Å². The van der Waals surface area contributed by atoms with Crippen molar-refractivity contribution in [2.45, 2.75) is 13.5 Å². The Labute approximate surface area is 104 Å². The summed E-state index contributed by atoms with van der Waals surface area (Å²) in [6.07, 6.45) is 3.25. The zero-order chi connectivity index (χ0) is 13.0. The molecule has 0 spiro atoms. The molecule has 6 nitrogen and oxygen atoms in total. The summed E-state index contributed by atoms with van der Waals surface area (Å²) in [6, 6.07) is 6.41. The van der Waals surface area contributed by atoms with Crippen LogP contribution in [0.2, 0.25) is 0 Å². The first-order valence-corrected chi connectivity index (χ1v) is 5.41. The molecule has 1 aromatic carbocycles. The summed E-state index contributed by atoms with van der Waals surface area (Å²) in [5, 5.41) is 13.6. The second-order valence-electron chi connectivity index (χ2n) is 3.77. The lowest BCUT2D eigenvalue weighted by molar-refractivity contribution is -0.384. The van der Waals surface area contributed by atoms with Crippen molar-refractivity contribution in [1.82, 2.24) is 9.97 Å². The van der Waals surface area contributed by atoms with Crippen LogP contribution in [-0.4, -0.2) is 14.9 Å². The fourth-order valence-corrected chi connectivity index (χ4v) is 1.50. The van der Waals surface area contributed by atoms with E-state index in [1.165, 1.54) is 12.1 Å².